The lowest BCUT2D eigenvalue weighted by Crippen LogP contribution is -2.12. The zero-order chi connectivity index (χ0) is 14.4. The second-order valence-electron chi connectivity index (χ2n) is 4.46. The van der Waals surface area contributed by atoms with Crippen LogP contribution in [-0.4, -0.2) is 34.8 Å². The minimum absolute atomic E-state index is 0.435. The average Bonchev–Trinajstić information content (AvgIpc) is 2.95. The number of rotatable bonds is 7. The van der Waals surface area contributed by atoms with E-state index in [0.717, 1.165) is 23.4 Å². The van der Waals surface area contributed by atoms with Gasteiger partial charge in [-0.3, -0.25) is 0 Å². The third-order valence-electron chi connectivity index (χ3n) is 2.86. The van der Waals surface area contributed by atoms with Crippen molar-refractivity contribution in [2.75, 3.05) is 25.6 Å². The number of H-pyrrole nitrogens is 1. The summed E-state index contributed by atoms with van der Waals surface area (Å²) in [6, 6.07) is 6.10. The number of nitrogens with zero attached hydrogens (tertiary/aromatic N) is 1. The molecule has 1 atom stereocenters. The van der Waals surface area contributed by atoms with Gasteiger partial charge in [0.15, 0.2) is 0 Å². The lowest BCUT2D eigenvalue weighted by atomic mass is 10.1. The quantitative estimate of drug-likeness (QED) is 0.605. The molecule has 0 aliphatic heterocycles. The van der Waals surface area contributed by atoms with Crippen LogP contribution in [0.1, 0.15) is 11.1 Å². The summed E-state index contributed by atoms with van der Waals surface area (Å²) >= 11 is -1.17. The van der Waals surface area contributed by atoms with Gasteiger partial charge in [-0.25, -0.2) is 0 Å². The number of hydrogen-bond acceptors (Lipinski definition) is 4. The normalized spacial score (nSPS) is 12.3. The largest absolute Gasteiger partial charge is 0.609 e. The molecule has 1 aromatic carbocycles. The summed E-state index contributed by atoms with van der Waals surface area (Å²) in [6.07, 6.45) is 3.29. The standard InChI is InChI=1S/C14H19N3O2S/c1-11-3-4-13(15-7-8-19-2)12(9-11)10-20(18)14-16-5-6-17-14/h3-6,9,15H,7-8,10H2,1-2H3,(H,16,17). The van der Waals surface area contributed by atoms with Gasteiger partial charge in [-0.05, 0) is 19.1 Å². The number of hydrogen-bond donors (Lipinski definition) is 2. The molecule has 2 rings (SSSR count). The molecule has 0 spiro atoms. The minimum Gasteiger partial charge on any atom is -0.609 e. The second-order valence-corrected chi connectivity index (χ2v) is 5.83. The Morgan fingerprint density at radius 2 is 2.30 bits per heavy atom. The molecule has 0 saturated carbocycles. The van der Waals surface area contributed by atoms with E-state index in [4.69, 9.17) is 4.74 Å². The summed E-state index contributed by atoms with van der Waals surface area (Å²) in [5.41, 5.74) is 3.16. The number of methoxy groups -OCH3 is 1. The predicted octanol–water partition coefficient (Wildman–Crippen LogP) is 2.08. The minimum atomic E-state index is -1.17. The number of anilines is 1. The topological polar surface area (TPSA) is 73.0 Å². The monoisotopic (exact) mass is 293 g/mol. The van der Waals surface area contributed by atoms with Crippen LogP contribution in [-0.2, 0) is 21.7 Å². The first-order valence-electron chi connectivity index (χ1n) is 6.41. The average molecular weight is 293 g/mol. The SMILES string of the molecule is COCCNc1ccc(C)cc1C[S+]([O-])c1ncc[nH]1. The lowest BCUT2D eigenvalue weighted by Gasteiger charge is -2.14. The molecule has 0 bridgehead atoms. The fourth-order valence-electron chi connectivity index (χ4n) is 1.89. The van der Waals surface area contributed by atoms with Gasteiger partial charge in [0.25, 0.3) is 0 Å². The molecule has 5 nitrogen and oxygen atoms in total. The maximum Gasteiger partial charge on any atom is 0.320 e. The second kappa shape index (κ2) is 7.33. The van der Waals surface area contributed by atoms with E-state index in [1.165, 1.54) is 0 Å². The van der Waals surface area contributed by atoms with Gasteiger partial charge in [-0.15, -0.1) is 0 Å². The maximum atomic E-state index is 12.2. The molecule has 1 aromatic heterocycles. The van der Waals surface area contributed by atoms with Gasteiger partial charge >= 0.3 is 5.16 Å². The fraction of sp³-hybridized carbons (Fsp3) is 0.357. The Morgan fingerprint density at radius 1 is 1.45 bits per heavy atom. The Bertz CT molecular complexity index is 531. The van der Waals surface area contributed by atoms with Crippen molar-refractivity contribution in [1.82, 2.24) is 9.97 Å². The van der Waals surface area contributed by atoms with E-state index in [1.54, 1.807) is 19.5 Å². The van der Waals surface area contributed by atoms with E-state index in [1.807, 2.05) is 19.1 Å². The van der Waals surface area contributed by atoms with Gasteiger partial charge in [-0.1, -0.05) is 11.6 Å². The Kier molecular flexibility index (Phi) is 5.46. The Balaban J connectivity index is 2.10. The Hall–Kier alpha value is -1.50. The molecule has 20 heavy (non-hydrogen) atoms. The van der Waals surface area contributed by atoms with Crippen molar-refractivity contribution >= 4 is 16.9 Å². The van der Waals surface area contributed by atoms with Crippen molar-refractivity contribution in [2.24, 2.45) is 0 Å². The van der Waals surface area contributed by atoms with Crippen molar-refractivity contribution in [3.05, 3.63) is 41.7 Å². The molecule has 0 aliphatic rings. The smallest absolute Gasteiger partial charge is 0.320 e. The van der Waals surface area contributed by atoms with Crippen molar-refractivity contribution in [3.8, 4) is 0 Å². The summed E-state index contributed by atoms with van der Waals surface area (Å²) in [7, 11) is 1.67. The molecule has 6 heteroatoms. The van der Waals surface area contributed by atoms with Crippen LogP contribution in [0.15, 0.2) is 35.7 Å². The van der Waals surface area contributed by atoms with E-state index in [9.17, 15) is 4.55 Å². The highest BCUT2D eigenvalue weighted by Crippen LogP contribution is 2.22. The molecule has 2 N–H and O–H groups in total. The molecule has 2 aromatic rings. The molecule has 0 aliphatic carbocycles. The Labute approximate surface area is 121 Å². The van der Waals surface area contributed by atoms with Crippen LogP contribution in [0, 0.1) is 6.92 Å². The molecule has 0 amide bonds. The van der Waals surface area contributed by atoms with Gasteiger partial charge in [-0.2, -0.15) is 4.98 Å². The van der Waals surface area contributed by atoms with Gasteiger partial charge in [0, 0.05) is 48.5 Å². The highest BCUT2D eigenvalue weighted by atomic mass is 32.2. The molecule has 108 valence electrons. The number of nitrogens with one attached hydrogen (secondary N) is 2. The summed E-state index contributed by atoms with van der Waals surface area (Å²) in [4.78, 5) is 6.94. The van der Waals surface area contributed by atoms with Crippen LogP contribution in [0.3, 0.4) is 0 Å². The van der Waals surface area contributed by atoms with Crippen molar-refractivity contribution in [3.63, 3.8) is 0 Å². The third-order valence-corrected chi connectivity index (χ3v) is 4.09. The summed E-state index contributed by atoms with van der Waals surface area (Å²) in [5.74, 6) is 0.435. The molecule has 0 saturated heterocycles. The number of aromatic amines is 1. The van der Waals surface area contributed by atoms with E-state index < -0.39 is 11.2 Å². The number of imidazole rings is 1. The van der Waals surface area contributed by atoms with Crippen LogP contribution in [0.2, 0.25) is 0 Å². The predicted molar refractivity (Wildman–Crippen MR) is 80.2 cm³/mol. The van der Waals surface area contributed by atoms with E-state index in [-0.39, 0.29) is 0 Å². The molecule has 1 heterocycles. The number of aromatic nitrogens is 2. The first kappa shape index (κ1) is 14.9. The highest BCUT2D eigenvalue weighted by Gasteiger charge is 2.16. The van der Waals surface area contributed by atoms with Gasteiger partial charge in [0.2, 0.25) is 0 Å². The third kappa shape index (κ3) is 4.00. The van der Waals surface area contributed by atoms with Crippen molar-refractivity contribution in [1.29, 1.82) is 0 Å². The van der Waals surface area contributed by atoms with Crippen LogP contribution >= 0.6 is 0 Å². The lowest BCUT2D eigenvalue weighted by molar-refractivity contribution is 0.211. The number of aryl methyl sites for hydroxylation is 1. The zero-order valence-electron chi connectivity index (χ0n) is 11.7. The van der Waals surface area contributed by atoms with Gasteiger partial charge < -0.3 is 19.6 Å². The molecule has 0 radical (unpaired) electrons. The summed E-state index contributed by atoms with van der Waals surface area (Å²) in [5, 5.41) is 3.81. The van der Waals surface area contributed by atoms with Crippen molar-refractivity contribution in [2.45, 2.75) is 17.8 Å². The van der Waals surface area contributed by atoms with Gasteiger partial charge in [0.1, 0.15) is 5.75 Å². The van der Waals surface area contributed by atoms with Crippen LogP contribution in [0.25, 0.3) is 0 Å². The van der Waals surface area contributed by atoms with Crippen LogP contribution in [0.4, 0.5) is 5.69 Å². The van der Waals surface area contributed by atoms with Crippen LogP contribution < -0.4 is 5.32 Å². The number of benzene rings is 1. The highest BCUT2D eigenvalue weighted by molar-refractivity contribution is 7.90. The Morgan fingerprint density at radius 3 is 3.00 bits per heavy atom. The molecule has 0 fully saturated rings. The van der Waals surface area contributed by atoms with Crippen LogP contribution in [0.5, 0.6) is 0 Å². The first-order valence-corrected chi connectivity index (χ1v) is 7.72. The van der Waals surface area contributed by atoms with E-state index in [2.05, 4.69) is 21.4 Å². The van der Waals surface area contributed by atoms with Gasteiger partial charge in [0.05, 0.1) is 6.61 Å². The fourth-order valence-corrected chi connectivity index (χ4v) is 2.92. The molecular weight excluding hydrogens is 274 g/mol. The zero-order valence-corrected chi connectivity index (χ0v) is 12.5. The number of ether oxygens (including phenoxy) is 1. The summed E-state index contributed by atoms with van der Waals surface area (Å²) < 4.78 is 17.3. The van der Waals surface area contributed by atoms with Crippen molar-refractivity contribution < 1.29 is 9.29 Å². The van der Waals surface area contributed by atoms with E-state index in [0.29, 0.717) is 17.5 Å². The maximum absolute atomic E-state index is 12.2. The molecule has 1 unspecified atom stereocenters. The summed E-state index contributed by atoms with van der Waals surface area (Å²) in [6.45, 7) is 3.38. The van der Waals surface area contributed by atoms with E-state index >= 15 is 0 Å². The molecular formula is C14H19N3O2S. The first-order chi connectivity index (χ1) is 9.70.